The highest BCUT2D eigenvalue weighted by atomic mass is 16.1. The number of nitrogens with zero attached hydrogens (tertiary/aromatic N) is 2. The van der Waals surface area contributed by atoms with E-state index in [0.717, 1.165) is 0 Å². The van der Waals surface area contributed by atoms with E-state index in [4.69, 9.17) is 0 Å². The van der Waals surface area contributed by atoms with Crippen LogP contribution in [-0.4, -0.2) is 21.3 Å². The SMILES string of the molecule is CC(C)C(=O)CC(=O)c1ccnn1C. The number of Topliss-reactive ketones (excluding diaryl/α,β-unsaturated/α-hetero) is 2. The lowest BCUT2D eigenvalue weighted by atomic mass is 10.0. The van der Waals surface area contributed by atoms with Gasteiger partial charge in [0.15, 0.2) is 5.78 Å². The monoisotopic (exact) mass is 194 g/mol. The van der Waals surface area contributed by atoms with Crippen molar-refractivity contribution in [3.63, 3.8) is 0 Å². The summed E-state index contributed by atoms with van der Waals surface area (Å²) in [5, 5.41) is 3.87. The number of aromatic nitrogens is 2. The molecule has 0 aromatic carbocycles. The second-order valence-electron chi connectivity index (χ2n) is 3.56. The van der Waals surface area contributed by atoms with Crippen LogP contribution in [-0.2, 0) is 11.8 Å². The highest BCUT2D eigenvalue weighted by Crippen LogP contribution is 2.06. The topological polar surface area (TPSA) is 52.0 Å². The maximum atomic E-state index is 11.6. The molecule has 1 heterocycles. The zero-order valence-electron chi connectivity index (χ0n) is 8.65. The molecule has 4 heteroatoms. The number of hydrogen-bond acceptors (Lipinski definition) is 3. The first-order valence-electron chi connectivity index (χ1n) is 4.56. The van der Waals surface area contributed by atoms with Crippen molar-refractivity contribution >= 4 is 11.6 Å². The third kappa shape index (κ3) is 2.28. The summed E-state index contributed by atoms with van der Waals surface area (Å²) in [6, 6.07) is 1.62. The first-order chi connectivity index (χ1) is 6.52. The summed E-state index contributed by atoms with van der Waals surface area (Å²) in [5.41, 5.74) is 0.485. The molecule has 4 nitrogen and oxygen atoms in total. The molecule has 0 amide bonds. The molecule has 1 rings (SSSR count). The van der Waals surface area contributed by atoms with Crippen LogP contribution in [0.15, 0.2) is 12.3 Å². The van der Waals surface area contributed by atoms with Gasteiger partial charge < -0.3 is 0 Å². The quantitative estimate of drug-likeness (QED) is 0.535. The van der Waals surface area contributed by atoms with Crippen molar-refractivity contribution in [3.05, 3.63) is 18.0 Å². The third-order valence-electron chi connectivity index (χ3n) is 2.09. The van der Waals surface area contributed by atoms with Crippen LogP contribution in [0.2, 0.25) is 0 Å². The van der Waals surface area contributed by atoms with Crippen molar-refractivity contribution in [1.29, 1.82) is 0 Å². The molecular weight excluding hydrogens is 180 g/mol. The predicted molar refractivity (Wildman–Crippen MR) is 52.0 cm³/mol. The summed E-state index contributed by atoms with van der Waals surface area (Å²) in [5.74, 6) is -0.285. The minimum Gasteiger partial charge on any atom is -0.299 e. The van der Waals surface area contributed by atoms with E-state index in [2.05, 4.69) is 5.10 Å². The first kappa shape index (κ1) is 10.6. The molecular formula is C10H14N2O2. The Morgan fingerprint density at radius 1 is 1.50 bits per heavy atom. The second-order valence-corrected chi connectivity index (χ2v) is 3.56. The predicted octanol–water partition coefficient (Wildman–Crippen LogP) is 1.22. The normalized spacial score (nSPS) is 10.6. The van der Waals surface area contributed by atoms with Crippen LogP contribution in [0, 0.1) is 5.92 Å². The summed E-state index contributed by atoms with van der Waals surface area (Å²) in [7, 11) is 1.69. The van der Waals surface area contributed by atoms with Gasteiger partial charge in [0, 0.05) is 19.2 Å². The van der Waals surface area contributed by atoms with Gasteiger partial charge in [-0.3, -0.25) is 14.3 Å². The van der Waals surface area contributed by atoms with Gasteiger partial charge in [-0.1, -0.05) is 13.8 Å². The van der Waals surface area contributed by atoms with Crippen molar-refractivity contribution < 1.29 is 9.59 Å². The fourth-order valence-electron chi connectivity index (χ4n) is 1.10. The van der Waals surface area contributed by atoms with E-state index in [1.807, 2.05) is 0 Å². The van der Waals surface area contributed by atoms with Crippen molar-refractivity contribution in [2.75, 3.05) is 0 Å². The first-order valence-corrected chi connectivity index (χ1v) is 4.56. The molecule has 0 saturated carbocycles. The van der Waals surface area contributed by atoms with E-state index >= 15 is 0 Å². The Labute approximate surface area is 82.9 Å². The fourth-order valence-corrected chi connectivity index (χ4v) is 1.10. The summed E-state index contributed by atoms with van der Waals surface area (Å²) in [6.45, 7) is 3.58. The summed E-state index contributed by atoms with van der Waals surface area (Å²) in [4.78, 5) is 22.9. The standard InChI is InChI=1S/C10H14N2O2/c1-7(2)9(13)6-10(14)8-4-5-11-12(8)3/h4-5,7H,6H2,1-3H3. The van der Waals surface area contributed by atoms with E-state index in [-0.39, 0.29) is 23.9 Å². The average Bonchev–Trinajstić information content (AvgIpc) is 2.51. The average molecular weight is 194 g/mol. The molecule has 14 heavy (non-hydrogen) atoms. The third-order valence-corrected chi connectivity index (χ3v) is 2.09. The number of aryl methyl sites for hydroxylation is 1. The molecule has 0 aliphatic rings. The zero-order valence-corrected chi connectivity index (χ0v) is 8.65. The number of rotatable bonds is 4. The van der Waals surface area contributed by atoms with Gasteiger partial charge in [0.05, 0.1) is 6.42 Å². The van der Waals surface area contributed by atoms with Crippen LogP contribution in [0.25, 0.3) is 0 Å². The van der Waals surface area contributed by atoms with E-state index in [0.29, 0.717) is 5.69 Å². The van der Waals surface area contributed by atoms with E-state index in [9.17, 15) is 9.59 Å². The molecule has 0 N–H and O–H groups in total. The van der Waals surface area contributed by atoms with Gasteiger partial charge in [0.25, 0.3) is 0 Å². The number of ketones is 2. The number of hydrogen-bond donors (Lipinski definition) is 0. The van der Waals surface area contributed by atoms with Crippen LogP contribution in [0.4, 0.5) is 0 Å². The molecule has 0 aliphatic carbocycles. The Hall–Kier alpha value is -1.45. The summed E-state index contributed by atoms with van der Waals surface area (Å²) < 4.78 is 1.48. The Balaban J connectivity index is 2.69. The van der Waals surface area contributed by atoms with E-state index < -0.39 is 0 Å². The van der Waals surface area contributed by atoms with E-state index in [1.165, 1.54) is 4.68 Å². The van der Waals surface area contributed by atoms with Crippen LogP contribution < -0.4 is 0 Å². The summed E-state index contributed by atoms with van der Waals surface area (Å²) in [6.07, 6.45) is 1.52. The van der Waals surface area contributed by atoms with Gasteiger partial charge in [0.2, 0.25) is 0 Å². The number of carbonyl (C=O) groups excluding carboxylic acids is 2. The molecule has 0 atom stereocenters. The Kier molecular flexibility index (Phi) is 3.17. The maximum Gasteiger partial charge on any atom is 0.188 e. The molecule has 0 radical (unpaired) electrons. The molecule has 0 unspecified atom stereocenters. The molecule has 0 aliphatic heterocycles. The van der Waals surface area contributed by atoms with Crippen LogP contribution in [0.3, 0.4) is 0 Å². The van der Waals surface area contributed by atoms with Gasteiger partial charge in [-0.15, -0.1) is 0 Å². The zero-order chi connectivity index (χ0) is 10.7. The molecule has 0 fully saturated rings. The fraction of sp³-hybridized carbons (Fsp3) is 0.500. The lowest BCUT2D eigenvalue weighted by Gasteiger charge is -2.03. The van der Waals surface area contributed by atoms with Crippen molar-refractivity contribution in [2.24, 2.45) is 13.0 Å². The van der Waals surface area contributed by atoms with Gasteiger partial charge in [-0.2, -0.15) is 5.10 Å². The van der Waals surface area contributed by atoms with Crippen LogP contribution >= 0.6 is 0 Å². The molecule has 0 bridgehead atoms. The lowest BCUT2D eigenvalue weighted by molar-refractivity contribution is -0.121. The smallest absolute Gasteiger partial charge is 0.188 e. The minimum atomic E-state index is -0.163. The highest BCUT2D eigenvalue weighted by Gasteiger charge is 2.16. The Morgan fingerprint density at radius 3 is 2.57 bits per heavy atom. The molecule has 0 spiro atoms. The van der Waals surface area contributed by atoms with Crippen molar-refractivity contribution in [3.8, 4) is 0 Å². The number of carbonyl (C=O) groups is 2. The van der Waals surface area contributed by atoms with E-state index in [1.54, 1.807) is 33.2 Å². The Bertz CT molecular complexity index is 353. The minimum absolute atomic E-state index is 0.0306. The van der Waals surface area contributed by atoms with Crippen molar-refractivity contribution in [1.82, 2.24) is 9.78 Å². The molecule has 0 saturated heterocycles. The second kappa shape index (κ2) is 4.17. The van der Waals surface area contributed by atoms with Crippen LogP contribution in [0.1, 0.15) is 30.8 Å². The molecule has 1 aromatic rings. The highest BCUT2D eigenvalue weighted by molar-refractivity contribution is 6.07. The van der Waals surface area contributed by atoms with Crippen molar-refractivity contribution in [2.45, 2.75) is 20.3 Å². The molecule has 1 aromatic heterocycles. The van der Waals surface area contributed by atoms with Gasteiger partial charge in [-0.25, -0.2) is 0 Å². The largest absolute Gasteiger partial charge is 0.299 e. The lowest BCUT2D eigenvalue weighted by Crippen LogP contribution is -2.15. The van der Waals surface area contributed by atoms with Gasteiger partial charge >= 0.3 is 0 Å². The Morgan fingerprint density at radius 2 is 2.14 bits per heavy atom. The maximum absolute atomic E-state index is 11.6. The van der Waals surface area contributed by atoms with Gasteiger partial charge in [-0.05, 0) is 6.07 Å². The summed E-state index contributed by atoms with van der Waals surface area (Å²) >= 11 is 0. The molecule has 76 valence electrons. The van der Waals surface area contributed by atoms with Gasteiger partial charge in [0.1, 0.15) is 11.5 Å². The van der Waals surface area contributed by atoms with Crippen LogP contribution in [0.5, 0.6) is 0 Å².